The molecule has 33 heavy (non-hydrogen) atoms. The highest BCUT2D eigenvalue weighted by Gasteiger charge is 2.20. The zero-order valence-corrected chi connectivity index (χ0v) is 17.8. The number of hydrogen-bond donors (Lipinski definition) is 2. The van der Waals surface area contributed by atoms with E-state index in [-0.39, 0.29) is 0 Å². The van der Waals surface area contributed by atoms with Gasteiger partial charge in [0.2, 0.25) is 0 Å². The number of hydrogen-bond acceptors (Lipinski definition) is 0. The fraction of sp³-hybridized carbons (Fsp3) is 0. The number of para-hydroxylation sites is 3. The number of fused-ring (bicyclic) bond motifs is 11. The van der Waals surface area contributed by atoms with Crippen molar-refractivity contribution in [3.8, 4) is 5.69 Å². The van der Waals surface area contributed by atoms with Gasteiger partial charge >= 0.3 is 0 Å². The first-order valence-electron chi connectivity index (χ1n) is 11.3. The summed E-state index contributed by atoms with van der Waals surface area (Å²) in [5, 5.41) is 7.55. The molecule has 0 spiro atoms. The molecular formula is C30H19N3. The van der Waals surface area contributed by atoms with Gasteiger partial charge in [-0.1, -0.05) is 78.9 Å². The Labute approximate surface area is 188 Å². The maximum atomic E-state index is 3.74. The van der Waals surface area contributed by atoms with Gasteiger partial charge in [0, 0.05) is 49.0 Å². The summed E-state index contributed by atoms with van der Waals surface area (Å²) in [6.45, 7) is 0. The minimum atomic E-state index is 1.16. The molecule has 154 valence electrons. The number of rotatable bonds is 1. The van der Waals surface area contributed by atoms with Crippen molar-refractivity contribution >= 4 is 65.4 Å². The molecule has 0 unspecified atom stereocenters. The summed E-state index contributed by atoms with van der Waals surface area (Å²) in [7, 11) is 0. The van der Waals surface area contributed by atoms with Crippen molar-refractivity contribution in [1.29, 1.82) is 0 Å². The third-order valence-electron chi connectivity index (χ3n) is 7.06. The van der Waals surface area contributed by atoms with Crippen molar-refractivity contribution in [1.82, 2.24) is 14.5 Å². The first-order valence-corrected chi connectivity index (χ1v) is 11.3. The molecule has 0 aliphatic carbocycles. The highest BCUT2D eigenvalue weighted by molar-refractivity contribution is 6.27. The summed E-state index contributed by atoms with van der Waals surface area (Å²) in [5.41, 5.74) is 8.29. The summed E-state index contributed by atoms with van der Waals surface area (Å²) in [5.74, 6) is 0. The van der Waals surface area contributed by atoms with Crippen LogP contribution in [0.5, 0.6) is 0 Å². The summed E-state index contributed by atoms with van der Waals surface area (Å²) >= 11 is 0. The van der Waals surface area contributed by atoms with Crippen LogP contribution in [0.15, 0.2) is 103 Å². The standard InChI is InChI=1S/C30H19N3/c1-2-8-18(9-3-1)33-29-23(16-14-21-19-10-4-6-12-25(19)31-27(21)29)24-17-15-22-20-11-5-7-13-26(20)32-28(22)30(24)33/h1-17,31-32H. The van der Waals surface area contributed by atoms with Crippen LogP contribution in [0.3, 0.4) is 0 Å². The highest BCUT2D eigenvalue weighted by atomic mass is 15.0. The maximum Gasteiger partial charge on any atom is 0.0783 e. The number of nitrogens with zero attached hydrogens (tertiary/aromatic N) is 1. The molecule has 0 atom stereocenters. The molecule has 0 fully saturated rings. The van der Waals surface area contributed by atoms with E-state index < -0.39 is 0 Å². The zero-order valence-electron chi connectivity index (χ0n) is 17.8. The topological polar surface area (TPSA) is 36.5 Å². The molecule has 0 saturated heterocycles. The molecule has 3 heteroatoms. The Morgan fingerprint density at radius 1 is 0.394 bits per heavy atom. The number of nitrogens with one attached hydrogen (secondary N) is 2. The quantitative estimate of drug-likeness (QED) is 0.269. The van der Waals surface area contributed by atoms with Crippen molar-refractivity contribution in [2.45, 2.75) is 0 Å². The van der Waals surface area contributed by atoms with Crippen molar-refractivity contribution in [2.24, 2.45) is 0 Å². The summed E-state index contributed by atoms with van der Waals surface area (Å²) in [6.07, 6.45) is 0. The van der Waals surface area contributed by atoms with E-state index in [9.17, 15) is 0 Å². The van der Waals surface area contributed by atoms with Crippen LogP contribution in [0.1, 0.15) is 0 Å². The largest absolute Gasteiger partial charge is 0.353 e. The molecular weight excluding hydrogens is 402 g/mol. The van der Waals surface area contributed by atoms with E-state index in [1.165, 1.54) is 65.4 Å². The normalized spacial score (nSPS) is 12.2. The molecule has 3 aromatic heterocycles. The lowest BCUT2D eigenvalue weighted by atomic mass is 10.1. The second-order valence-electron chi connectivity index (χ2n) is 8.78. The van der Waals surface area contributed by atoms with Crippen LogP contribution in [0.4, 0.5) is 0 Å². The predicted molar refractivity (Wildman–Crippen MR) is 140 cm³/mol. The summed E-state index contributed by atoms with van der Waals surface area (Å²) in [4.78, 5) is 7.47. The molecule has 2 N–H and O–H groups in total. The van der Waals surface area contributed by atoms with Crippen LogP contribution >= 0.6 is 0 Å². The number of H-pyrrole nitrogens is 2. The van der Waals surface area contributed by atoms with E-state index >= 15 is 0 Å². The van der Waals surface area contributed by atoms with E-state index in [2.05, 4.69) is 118 Å². The van der Waals surface area contributed by atoms with Crippen LogP contribution in [0.25, 0.3) is 71.1 Å². The van der Waals surface area contributed by atoms with Crippen molar-refractivity contribution in [2.75, 3.05) is 0 Å². The second kappa shape index (κ2) is 6.05. The second-order valence-corrected chi connectivity index (χ2v) is 8.78. The van der Waals surface area contributed by atoms with Crippen molar-refractivity contribution in [3.63, 3.8) is 0 Å². The van der Waals surface area contributed by atoms with E-state index in [4.69, 9.17) is 0 Å². The molecule has 3 heterocycles. The SMILES string of the molecule is c1ccc(-n2c3c(ccc4c5ccccc5[nH]c43)c3ccc4c5ccccc5[nH]c4c32)cc1. The van der Waals surface area contributed by atoms with E-state index in [1.807, 2.05) is 0 Å². The monoisotopic (exact) mass is 421 g/mol. The Morgan fingerprint density at radius 3 is 1.39 bits per heavy atom. The molecule has 5 aromatic carbocycles. The summed E-state index contributed by atoms with van der Waals surface area (Å²) in [6, 6.07) is 36.9. The predicted octanol–water partition coefficient (Wildman–Crippen LogP) is 8.05. The van der Waals surface area contributed by atoms with Crippen molar-refractivity contribution in [3.05, 3.63) is 103 Å². The van der Waals surface area contributed by atoms with Crippen LogP contribution in [-0.4, -0.2) is 14.5 Å². The number of benzene rings is 5. The zero-order chi connectivity index (χ0) is 21.5. The lowest BCUT2D eigenvalue weighted by Crippen LogP contribution is -1.94. The molecule has 8 aromatic rings. The van der Waals surface area contributed by atoms with Crippen LogP contribution in [0, 0.1) is 0 Å². The minimum absolute atomic E-state index is 1.16. The molecule has 0 aliphatic heterocycles. The van der Waals surface area contributed by atoms with Gasteiger partial charge in [0.1, 0.15) is 0 Å². The van der Waals surface area contributed by atoms with Gasteiger partial charge in [-0.05, 0) is 24.3 Å². The third-order valence-corrected chi connectivity index (χ3v) is 7.06. The van der Waals surface area contributed by atoms with Gasteiger partial charge in [-0.25, -0.2) is 0 Å². The minimum Gasteiger partial charge on any atom is -0.353 e. The number of aromatic amines is 2. The molecule has 0 aliphatic rings. The molecule has 0 bridgehead atoms. The number of aromatic nitrogens is 3. The lowest BCUT2D eigenvalue weighted by molar-refractivity contribution is 1.19. The molecule has 0 amide bonds. The Morgan fingerprint density at radius 2 is 0.848 bits per heavy atom. The van der Waals surface area contributed by atoms with E-state index in [0.717, 1.165) is 5.69 Å². The first-order chi connectivity index (χ1) is 16.4. The summed E-state index contributed by atoms with van der Waals surface area (Å²) < 4.78 is 2.43. The Balaban J connectivity index is 1.69. The Kier molecular flexibility index (Phi) is 3.14. The van der Waals surface area contributed by atoms with E-state index in [1.54, 1.807) is 0 Å². The molecule has 0 saturated carbocycles. The van der Waals surface area contributed by atoms with Gasteiger partial charge in [-0.3, -0.25) is 0 Å². The van der Waals surface area contributed by atoms with Gasteiger partial charge in [-0.2, -0.15) is 0 Å². The Bertz CT molecular complexity index is 1890. The molecule has 0 radical (unpaired) electrons. The average Bonchev–Trinajstić information content (AvgIpc) is 3.53. The average molecular weight is 422 g/mol. The smallest absolute Gasteiger partial charge is 0.0783 e. The fourth-order valence-corrected chi connectivity index (χ4v) is 5.65. The van der Waals surface area contributed by atoms with Crippen LogP contribution < -0.4 is 0 Å². The van der Waals surface area contributed by atoms with Gasteiger partial charge in [0.15, 0.2) is 0 Å². The van der Waals surface area contributed by atoms with Gasteiger partial charge in [-0.15, -0.1) is 0 Å². The fourth-order valence-electron chi connectivity index (χ4n) is 5.65. The Hall–Kier alpha value is -4.50. The maximum absolute atomic E-state index is 3.74. The van der Waals surface area contributed by atoms with Crippen molar-refractivity contribution < 1.29 is 0 Å². The van der Waals surface area contributed by atoms with Crippen LogP contribution in [0.2, 0.25) is 0 Å². The highest BCUT2D eigenvalue weighted by Crippen LogP contribution is 2.42. The van der Waals surface area contributed by atoms with E-state index in [0.29, 0.717) is 0 Å². The van der Waals surface area contributed by atoms with Gasteiger partial charge in [0.25, 0.3) is 0 Å². The van der Waals surface area contributed by atoms with Crippen LogP contribution in [-0.2, 0) is 0 Å². The van der Waals surface area contributed by atoms with Gasteiger partial charge in [0.05, 0.1) is 22.1 Å². The molecule has 3 nitrogen and oxygen atoms in total. The first kappa shape index (κ1) is 17.1. The van der Waals surface area contributed by atoms with Gasteiger partial charge < -0.3 is 14.5 Å². The third kappa shape index (κ3) is 2.14. The molecule has 8 rings (SSSR count). The lowest BCUT2D eigenvalue weighted by Gasteiger charge is -2.09.